The molecule has 0 saturated heterocycles. The predicted molar refractivity (Wildman–Crippen MR) is 97.1 cm³/mol. The van der Waals surface area contributed by atoms with Crippen LogP contribution in [-0.4, -0.2) is 18.4 Å². The number of halogens is 3. The molecule has 2 aromatic rings. The topological polar surface area (TPSA) is 62.7 Å². The average molecular weight is 379 g/mol. The first-order chi connectivity index (χ1) is 12.8. The maximum absolute atomic E-state index is 12.8. The lowest BCUT2D eigenvalue weighted by molar-refractivity contribution is -0.137. The summed E-state index contributed by atoms with van der Waals surface area (Å²) in [6.07, 6.45) is -4.46. The summed E-state index contributed by atoms with van der Waals surface area (Å²) in [6, 6.07) is 13.5. The minimum atomic E-state index is -4.46. The van der Waals surface area contributed by atoms with Gasteiger partial charge in [0.2, 0.25) is 5.84 Å². The summed E-state index contributed by atoms with van der Waals surface area (Å²) >= 11 is 0. The number of esters is 1. The zero-order chi connectivity index (χ0) is 19.9. The van der Waals surface area contributed by atoms with Crippen LogP contribution in [0.1, 0.15) is 31.0 Å². The van der Waals surface area contributed by atoms with Crippen LogP contribution in [0.4, 0.5) is 18.9 Å². The molecule has 0 saturated carbocycles. The van der Waals surface area contributed by atoms with Gasteiger partial charge in [-0.1, -0.05) is 36.4 Å². The Bertz CT molecular complexity index is 792. The Hall–Kier alpha value is -3.03. The van der Waals surface area contributed by atoms with E-state index < -0.39 is 17.7 Å². The highest BCUT2D eigenvalue weighted by Gasteiger charge is 2.30. The van der Waals surface area contributed by atoms with E-state index in [1.165, 1.54) is 12.1 Å². The Labute approximate surface area is 155 Å². The quantitative estimate of drug-likeness (QED) is 0.351. The standard InChI is InChI=1S/C19H20F3N3O2/c1-3-27-18(26)17(23-13(2)14-8-5-4-6-9-14)25-24-16-11-7-10-15(12-16)19(20,21)22/h4-13,24H,3H2,1-2H3,(H,23,25)/t13-/m0/s1. The van der Waals surface area contributed by atoms with Crippen LogP contribution in [0.25, 0.3) is 0 Å². The van der Waals surface area contributed by atoms with Gasteiger partial charge in [0.25, 0.3) is 0 Å². The van der Waals surface area contributed by atoms with Gasteiger partial charge >= 0.3 is 12.1 Å². The molecule has 0 bridgehead atoms. The molecule has 0 radical (unpaired) electrons. The molecule has 1 atom stereocenters. The molecule has 5 nitrogen and oxygen atoms in total. The second-order valence-corrected chi connectivity index (χ2v) is 5.61. The summed E-state index contributed by atoms with van der Waals surface area (Å²) in [5.74, 6) is -0.842. The number of hydrogen-bond donors (Lipinski definition) is 2. The third-order valence-electron chi connectivity index (χ3n) is 3.59. The number of rotatable bonds is 5. The van der Waals surface area contributed by atoms with Gasteiger partial charge in [0, 0.05) is 0 Å². The van der Waals surface area contributed by atoms with E-state index in [0.717, 1.165) is 17.7 Å². The molecule has 0 aliphatic heterocycles. The normalized spacial score (nSPS) is 13.0. The van der Waals surface area contributed by atoms with Gasteiger partial charge in [-0.25, -0.2) is 4.79 Å². The summed E-state index contributed by atoms with van der Waals surface area (Å²) in [7, 11) is 0. The van der Waals surface area contributed by atoms with Gasteiger partial charge in [-0.3, -0.25) is 15.8 Å². The average Bonchev–Trinajstić information content (AvgIpc) is 2.65. The molecule has 0 aliphatic rings. The third-order valence-corrected chi connectivity index (χ3v) is 3.59. The Morgan fingerprint density at radius 1 is 1.15 bits per heavy atom. The highest BCUT2D eigenvalue weighted by molar-refractivity contribution is 6.35. The van der Waals surface area contributed by atoms with E-state index >= 15 is 0 Å². The number of hydrazine groups is 1. The molecule has 0 heterocycles. The van der Waals surface area contributed by atoms with Crippen molar-refractivity contribution >= 4 is 17.5 Å². The minimum Gasteiger partial charge on any atom is -0.460 e. The van der Waals surface area contributed by atoms with Crippen LogP contribution in [0.5, 0.6) is 0 Å². The summed E-state index contributed by atoms with van der Waals surface area (Å²) in [5, 5.41) is 0. The van der Waals surface area contributed by atoms with Crippen LogP contribution in [-0.2, 0) is 15.7 Å². The van der Waals surface area contributed by atoms with E-state index in [9.17, 15) is 18.0 Å². The molecule has 2 aromatic carbocycles. The van der Waals surface area contributed by atoms with Gasteiger partial charge in [0.05, 0.1) is 23.9 Å². The van der Waals surface area contributed by atoms with E-state index in [4.69, 9.17) is 4.74 Å². The minimum absolute atomic E-state index is 0.134. The maximum Gasteiger partial charge on any atom is 0.416 e. The van der Waals surface area contributed by atoms with E-state index in [-0.39, 0.29) is 24.2 Å². The van der Waals surface area contributed by atoms with Gasteiger partial charge in [0.1, 0.15) is 0 Å². The smallest absolute Gasteiger partial charge is 0.416 e. The molecule has 8 heteroatoms. The number of benzene rings is 2. The van der Waals surface area contributed by atoms with Crippen LogP contribution in [0.2, 0.25) is 0 Å². The van der Waals surface area contributed by atoms with E-state index in [1.807, 2.05) is 30.3 Å². The lowest BCUT2D eigenvalue weighted by Gasteiger charge is -2.15. The highest BCUT2D eigenvalue weighted by atomic mass is 19.4. The summed E-state index contributed by atoms with van der Waals surface area (Å²) in [5.41, 5.74) is 5.33. The van der Waals surface area contributed by atoms with Crippen molar-refractivity contribution in [3.8, 4) is 0 Å². The van der Waals surface area contributed by atoms with Crippen molar-refractivity contribution in [3.63, 3.8) is 0 Å². The largest absolute Gasteiger partial charge is 0.460 e. The van der Waals surface area contributed by atoms with Crippen molar-refractivity contribution in [2.45, 2.75) is 26.1 Å². The SMILES string of the molecule is CCOC(=O)C(=N[C@@H](C)c1ccccc1)NNc1cccc(C(F)(F)F)c1. The third kappa shape index (κ3) is 6.02. The van der Waals surface area contributed by atoms with Crippen molar-refractivity contribution in [2.75, 3.05) is 12.0 Å². The number of aliphatic imine (C=N–C) groups is 1. The van der Waals surface area contributed by atoms with Crippen molar-refractivity contribution in [2.24, 2.45) is 4.99 Å². The molecule has 0 spiro atoms. The molecule has 0 aliphatic carbocycles. The Morgan fingerprint density at radius 3 is 2.48 bits per heavy atom. The number of alkyl halides is 3. The molecule has 0 aromatic heterocycles. The molecular formula is C19H20F3N3O2. The fraction of sp³-hybridized carbons (Fsp3) is 0.263. The fourth-order valence-corrected chi connectivity index (χ4v) is 2.24. The molecule has 2 N–H and O–H groups in total. The second kappa shape index (κ2) is 9.07. The first-order valence-electron chi connectivity index (χ1n) is 8.30. The summed E-state index contributed by atoms with van der Waals surface area (Å²) < 4.78 is 43.4. The number of hydrogen-bond acceptors (Lipinski definition) is 4. The van der Waals surface area contributed by atoms with Gasteiger partial charge < -0.3 is 4.74 Å². The zero-order valence-electron chi connectivity index (χ0n) is 14.9. The van der Waals surface area contributed by atoms with Crippen LogP contribution in [0.3, 0.4) is 0 Å². The van der Waals surface area contributed by atoms with Crippen LogP contribution in [0.15, 0.2) is 59.6 Å². The molecule has 0 amide bonds. The molecule has 2 rings (SSSR count). The van der Waals surface area contributed by atoms with Gasteiger partial charge in [-0.2, -0.15) is 13.2 Å². The van der Waals surface area contributed by atoms with Crippen LogP contribution < -0.4 is 10.9 Å². The van der Waals surface area contributed by atoms with Gasteiger partial charge in [-0.15, -0.1) is 0 Å². The van der Waals surface area contributed by atoms with Gasteiger partial charge in [0.15, 0.2) is 0 Å². The first kappa shape index (κ1) is 20.3. The molecule has 144 valence electrons. The van der Waals surface area contributed by atoms with Crippen molar-refractivity contribution in [1.82, 2.24) is 5.43 Å². The Balaban J connectivity index is 2.18. The first-order valence-corrected chi connectivity index (χ1v) is 8.30. The molecule has 0 fully saturated rings. The number of amidine groups is 1. The van der Waals surface area contributed by atoms with E-state index in [0.29, 0.717) is 0 Å². The number of carbonyl (C=O) groups is 1. The monoisotopic (exact) mass is 379 g/mol. The van der Waals surface area contributed by atoms with Gasteiger partial charge in [-0.05, 0) is 37.6 Å². The maximum atomic E-state index is 12.8. The van der Waals surface area contributed by atoms with E-state index in [1.54, 1.807) is 13.8 Å². The van der Waals surface area contributed by atoms with E-state index in [2.05, 4.69) is 15.8 Å². The summed E-state index contributed by atoms with van der Waals surface area (Å²) in [6.45, 7) is 3.58. The van der Waals surface area contributed by atoms with Crippen LogP contribution >= 0.6 is 0 Å². The molecular weight excluding hydrogens is 359 g/mol. The predicted octanol–water partition coefficient (Wildman–Crippen LogP) is 4.34. The number of nitrogens with one attached hydrogen (secondary N) is 2. The highest BCUT2D eigenvalue weighted by Crippen LogP contribution is 2.30. The second-order valence-electron chi connectivity index (χ2n) is 5.61. The lowest BCUT2D eigenvalue weighted by Crippen LogP contribution is -2.37. The molecule has 0 unspecified atom stereocenters. The number of ether oxygens (including phenoxy) is 1. The Kier molecular flexibility index (Phi) is 6.81. The lowest BCUT2D eigenvalue weighted by atomic mass is 10.1. The van der Waals surface area contributed by atoms with Crippen molar-refractivity contribution in [3.05, 3.63) is 65.7 Å². The Morgan fingerprint density at radius 2 is 1.85 bits per heavy atom. The zero-order valence-corrected chi connectivity index (χ0v) is 14.9. The molecule has 27 heavy (non-hydrogen) atoms. The number of nitrogens with zero attached hydrogens (tertiary/aromatic N) is 1. The number of carbonyl (C=O) groups excluding carboxylic acids is 1. The number of anilines is 1. The summed E-state index contributed by atoms with van der Waals surface area (Å²) in [4.78, 5) is 16.4. The van der Waals surface area contributed by atoms with Crippen LogP contribution in [0, 0.1) is 0 Å². The fourth-order valence-electron chi connectivity index (χ4n) is 2.24. The van der Waals surface area contributed by atoms with Crippen molar-refractivity contribution < 1.29 is 22.7 Å². The van der Waals surface area contributed by atoms with Crippen molar-refractivity contribution in [1.29, 1.82) is 0 Å².